The summed E-state index contributed by atoms with van der Waals surface area (Å²) in [5.41, 5.74) is 6.31. The molecule has 39 heavy (non-hydrogen) atoms. The summed E-state index contributed by atoms with van der Waals surface area (Å²) in [6.07, 6.45) is 6.23. The van der Waals surface area contributed by atoms with E-state index in [1.807, 2.05) is 0 Å². The van der Waals surface area contributed by atoms with Gasteiger partial charge in [0.25, 0.3) is 0 Å². The number of aliphatic imine (C=N–C) groups is 1. The van der Waals surface area contributed by atoms with Crippen LogP contribution in [0.3, 0.4) is 0 Å². The van der Waals surface area contributed by atoms with E-state index in [0.29, 0.717) is 41.1 Å². The second-order valence-electron chi connectivity index (χ2n) is 9.90. The van der Waals surface area contributed by atoms with Crippen LogP contribution in [-0.2, 0) is 23.3 Å². The summed E-state index contributed by atoms with van der Waals surface area (Å²) in [6.45, 7) is 2.25. The van der Waals surface area contributed by atoms with Crippen LogP contribution in [0.4, 0.5) is 13.2 Å². The highest BCUT2D eigenvalue weighted by atomic mass is 32.2. The quantitative estimate of drug-likeness (QED) is 0.328. The normalized spacial score (nSPS) is 23.9. The molecule has 4 aromatic rings. The predicted molar refractivity (Wildman–Crippen MR) is 139 cm³/mol. The van der Waals surface area contributed by atoms with Crippen molar-refractivity contribution in [2.24, 2.45) is 16.6 Å². The van der Waals surface area contributed by atoms with Crippen molar-refractivity contribution in [1.82, 2.24) is 15.0 Å². The molecule has 1 saturated carbocycles. The topological polar surface area (TPSA) is 109 Å². The molecule has 0 radical (unpaired) electrons. The van der Waals surface area contributed by atoms with Gasteiger partial charge in [-0.05, 0) is 37.1 Å². The van der Waals surface area contributed by atoms with E-state index in [2.05, 4.69) is 19.9 Å². The number of methoxy groups -OCH3 is 1. The standard InChI is InChI=1S/C27H24F3N5O3S/c1-26(21-9-27(21,13-36-2)39-25(31)35-26)17-5-14(6-18(28)23(17)30)7-20-24-16(19(29)11-33-20)8-15(10-34-24)38-12-22-32-3-4-37-22/h3-6,8,10-11,21H,7,9,12-13H2,1-2H3,(H2,31,35)/t21-,26+,27+/m0/s1. The molecular weight excluding hydrogens is 531 g/mol. The van der Waals surface area contributed by atoms with Gasteiger partial charge in [-0.1, -0.05) is 11.8 Å². The maximum atomic E-state index is 15.3. The number of oxazole rings is 1. The van der Waals surface area contributed by atoms with Crippen LogP contribution in [-0.4, -0.2) is 38.6 Å². The smallest absolute Gasteiger partial charge is 0.232 e. The first kappa shape index (κ1) is 25.6. The van der Waals surface area contributed by atoms with Gasteiger partial charge in [0.05, 0.1) is 46.7 Å². The molecule has 1 aliphatic heterocycles. The van der Waals surface area contributed by atoms with Crippen molar-refractivity contribution in [1.29, 1.82) is 0 Å². The van der Waals surface area contributed by atoms with Crippen LogP contribution in [0.2, 0.25) is 0 Å². The second-order valence-corrected chi connectivity index (χ2v) is 11.3. The molecule has 0 unspecified atom stereocenters. The molecule has 0 saturated heterocycles. The first-order valence-corrected chi connectivity index (χ1v) is 13.0. The van der Waals surface area contributed by atoms with Crippen LogP contribution in [0, 0.1) is 23.4 Å². The largest absolute Gasteiger partial charge is 0.482 e. The zero-order valence-corrected chi connectivity index (χ0v) is 21.9. The molecule has 12 heteroatoms. The number of thioether (sulfide) groups is 1. The van der Waals surface area contributed by atoms with Crippen molar-refractivity contribution < 1.29 is 27.1 Å². The molecule has 3 atom stereocenters. The molecule has 1 aliphatic carbocycles. The van der Waals surface area contributed by atoms with Crippen LogP contribution >= 0.6 is 11.8 Å². The Morgan fingerprint density at radius 1 is 1.13 bits per heavy atom. The molecule has 1 fully saturated rings. The summed E-state index contributed by atoms with van der Waals surface area (Å²) >= 11 is 1.42. The van der Waals surface area contributed by atoms with Crippen molar-refractivity contribution in [2.75, 3.05) is 13.7 Å². The zero-order chi connectivity index (χ0) is 27.4. The molecule has 6 rings (SSSR count). The Morgan fingerprint density at radius 3 is 2.74 bits per heavy atom. The molecule has 3 aromatic heterocycles. The van der Waals surface area contributed by atoms with Gasteiger partial charge in [-0.3, -0.25) is 15.0 Å². The minimum Gasteiger partial charge on any atom is -0.482 e. The lowest BCUT2D eigenvalue weighted by molar-refractivity contribution is 0.184. The molecule has 2 aliphatic rings. The molecule has 2 N–H and O–H groups in total. The summed E-state index contributed by atoms with van der Waals surface area (Å²) in [7, 11) is 1.60. The van der Waals surface area contributed by atoms with Crippen LogP contribution in [0.15, 0.2) is 52.5 Å². The van der Waals surface area contributed by atoms with Gasteiger partial charge in [0.1, 0.15) is 12.0 Å². The Kier molecular flexibility index (Phi) is 6.26. The third kappa shape index (κ3) is 4.51. The van der Waals surface area contributed by atoms with E-state index in [4.69, 9.17) is 19.6 Å². The molecule has 8 nitrogen and oxygen atoms in total. The maximum Gasteiger partial charge on any atom is 0.232 e. The Bertz CT molecular complexity index is 1600. The number of hydrogen-bond acceptors (Lipinski definition) is 9. The van der Waals surface area contributed by atoms with Gasteiger partial charge >= 0.3 is 0 Å². The van der Waals surface area contributed by atoms with Gasteiger partial charge in [0, 0.05) is 30.4 Å². The maximum absolute atomic E-state index is 15.3. The van der Waals surface area contributed by atoms with E-state index in [-0.39, 0.29) is 40.2 Å². The Labute approximate surface area is 225 Å². The van der Waals surface area contributed by atoms with Gasteiger partial charge in [0.2, 0.25) is 5.89 Å². The fraction of sp³-hybridized carbons (Fsp3) is 0.333. The fourth-order valence-corrected chi connectivity index (χ4v) is 6.89. The average molecular weight is 556 g/mol. The van der Waals surface area contributed by atoms with Gasteiger partial charge in [-0.25, -0.2) is 18.2 Å². The molecule has 4 heterocycles. The second kappa shape index (κ2) is 9.53. The minimum atomic E-state index is -1.07. The number of ether oxygens (including phenoxy) is 2. The highest BCUT2D eigenvalue weighted by Crippen LogP contribution is 2.66. The molecule has 0 amide bonds. The number of benzene rings is 1. The number of halogens is 3. The van der Waals surface area contributed by atoms with Crippen LogP contribution in [0.25, 0.3) is 10.9 Å². The van der Waals surface area contributed by atoms with Gasteiger partial charge in [0.15, 0.2) is 29.2 Å². The van der Waals surface area contributed by atoms with Gasteiger partial charge < -0.3 is 19.6 Å². The number of pyridine rings is 2. The number of nitrogens with zero attached hydrogens (tertiary/aromatic N) is 4. The number of amidine groups is 1. The lowest BCUT2D eigenvalue weighted by Crippen LogP contribution is -2.38. The number of fused-ring (bicyclic) bond motifs is 2. The Balaban J connectivity index is 1.33. The third-order valence-electron chi connectivity index (χ3n) is 7.32. The van der Waals surface area contributed by atoms with Crippen LogP contribution in [0.1, 0.15) is 36.1 Å². The van der Waals surface area contributed by atoms with E-state index in [1.165, 1.54) is 36.5 Å². The van der Waals surface area contributed by atoms with Crippen molar-refractivity contribution in [3.05, 3.63) is 83.2 Å². The summed E-state index contributed by atoms with van der Waals surface area (Å²) < 4.78 is 60.8. The van der Waals surface area contributed by atoms with E-state index < -0.39 is 23.0 Å². The summed E-state index contributed by atoms with van der Waals surface area (Å²) in [5, 5.41) is 0.494. The highest BCUT2D eigenvalue weighted by molar-refractivity contribution is 8.15. The summed E-state index contributed by atoms with van der Waals surface area (Å²) in [6, 6.07) is 4.21. The number of nitrogens with two attached hydrogens (primary N) is 1. The number of aromatic nitrogens is 3. The SMILES string of the molecule is COC[C@]12C[C@H]1[C@@](C)(c1cc(Cc3ncc(F)c4cc(OCc5ncco5)cnc34)cc(F)c1F)N=C(N)S2. The molecule has 1 aromatic carbocycles. The van der Waals surface area contributed by atoms with Crippen LogP contribution in [0.5, 0.6) is 5.75 Å². The number of hydrogen-bond donors (Lipinski definition) is 1. The Hall–Kier alpha value is -3.64. The van der Waals surface area contributed by atoms with Gasteiger partial charge in [-0.2, -0.15) is 0 Å². The molecular formula is C27H24F3N5O3S. The van der Waals surface area contributed by atoms with Crippen molar-refractivity contribution in [3.63, 3.8) is 0 Å². The lowest BCUT2D eigenvalue weighted by atomic mass is 9.84. The predicted octanol–water partition coefficient (Wildman–Crippen LogP) is 4.89. The lowest BCUT2D eigenvalue weighted by Gasteiger charge is -2.34. The number of rotatable bonds is 8. The van der Waals surface area contributed by atoms with Gasteiger partial charge in [-0.15, -0.1) is 0 Å². The molecule has 0 spiro atoms. The highest BCUT2D eigenvalue weighted by Gasteiger charge is 2.66. The van der Waals surface area contributed by atoms with Crippen molar-refractivity contribution in [2.45, 2.75) is 36.7 Å². The average Bonchev–Trinajstić information content (AvgIpc) is 3.38. The van der Waals surface area contributed by atoms with Crippen LogP contribution < -0.4 is 10.5 Å². The fourth-order valence-electron chi connectivity index (χ4n) is 5.44. The third-order valence-corrected chi connectivity index (χ3v) is 8.60. The minimum absolute atomic E-state index is 0.0499. The monoisotopic (exact) mass is 555 g/mol. The first-order chi connectivity index (χ1) is 18.7. The van der Waals surface area contributed by atoms with E-state index in [9.17, 15) is 8.78 Å². The Morgan fingerprint density at radius 2 is 1.97 bits per heavy atom. The first-order valence-electron chi connectivity index (χ1n) is 12.2. The van der Waals surface area contributed by atoms with E-state index >= 15 is 4.39 Å². The van der Waals surface area contributed by atoms with E-state index in [1.54, 1.807) is 20.1 Å². The zero-order valence-electron chi connectivity index (χ0n) is 21.1. The molecule has 202 valence electrons. The van der Waals surface area contributed by atoms with Crippen molar-refractivity contribution in [3.8, 4) is 5.75 Å². The summed E-state index contributed by atoms with van der Waals surface area (Å²) in [4.78, 5) is 17.1. The van der Waals surface area contributed by atoms with E-state index in [0.717, 1.165) is 12.3 Å². The van der Waals surface area contributed by atoms with Crippen molar-refractivity contribution >= 4 is 27.8 Å². The molecule has 0 bridgehead atoms. The summed E-state index contributed by atoms with van der Waals surface area (Å²) in [5.74, 6) is -1.96.